The molecule has 0 aliphatic carbocycles. The molecule has 0 amide bonds. The molecular weight excluding hydrogens is 169 g/mol. The van der Waals surface area contributed by atoms with Crippen molar-refractivity contribution in [3.05, 3.63) is 34.3 Å². The highest BCUT2D eigenvalue weighted by molar-refractivity contribution is 6.34. The highest BCUT2D eigenvalue weighted by atomic mass is 35.5. The van der Waals surface area contributed by atoms with Gasteiger partial charge in [0.2, 0.25) is 0 Å². The Morgan fingerprint density at radius 2 is 1.50 bits per heavy atom. The molecule has 0 radical (unpaired) electrons. The number of benzene rings is 1. The molecule has 0 saturated heterocycles. The van der Waals surface area contributed by atoms with Crippen LogP contribution in [0.5, 0.6) is 0 Å². The molecule has 0 atom stereocenters. The third-order valence-electron chi connectivity index (χ3n) is 0.787. The van der Waals surface area contributed by atoms with Crippen LogP contribution in [0.25, 0.3) is 0 Å². The minimum Gasteiger partial charge on any atom is -0.333 e. The summed E-state index contributed by atoms with van der Waals surface area (Å²) in [5.41, 5.74) is 4.50. The van der Waals surface area contributed by atoms with E-state index >= 15 is 0 Å². The first-order chi connectivity index (χ1) is 4.79. The van der Waals surface area contributed by atoms with Crippen LogP contribution in [-0.2, 0) is 0 Å². The van der Waals surface area contributed by atoms with Gasteiger partial charge in [-0.25, -0.2) is 0 Å². The quantitative estimate of drug-likeness (QED) is 0.649. The lowest BCUT2D eigenvalue weighted by molar-refractivity contribution is 1.48. The molecule has 0 spiro atoms. The molecule has 1 aromatic rings. The predicted octanol–water partition coefficient (Wildman–Crippen LogP) is 2.57. The lowest BCUT2D eigenvalue weighted by Gasteiger charge is -1.86. The van der Waals surface area contributed by atoms with Gasteiger partial charge in [-0.15, -0.1) is 0 Å². The van der Waals surface area contributed by atoms with Crippen molar-refractivity contribution in [3.8, 4) is 0 Å². The number of halogens is 2. The summed E-state index contributed by atoms with van der Waals surface area (Å²) < 4.78 is 0. The second kappa shape index (κ2) is 5.54. The average molecular weight is 178 g/mol. The zero-order valence-electron chi connectivity index (χ0n) is 5.64. The van der Waals surface area contributed by atoms with E-state index in [1.807, 2.05) is 6.07 Å². The van der Waals surface area contributed by atoms with Gasteiger partial charge in [-0.2, -0.15) is 0 Å². The topological polar surface area (TPSA) is 26.0 Å². The Kier molecular flexibility index (Phi) is 5.40. The number of hydrogen-bond acceptors (Lipinski definition) is 1. The molecule has 0 aliphatic rings. The average Bonchev–Trinajstić information content (AvgIpc) is 1.91. The second-order valence-corrected chi connectivity index (χ2v) is 2.31. The molecular formula is C7H9Cl2N. The van der Waals surface area contributed by atoms with Gasteiger partial charge in [0, 0.05) is 10.0 Å². The zero-order valence-corrected chi connectivity index (χ0v) is 7.15. The zero-order chi connectivity index (χ0) is 7.98. The maximum absolute atomic E-state index is 5.56. The Labute approximate surface area is 70.7 Å². The summed E-state index contributed by atoms with van der Waals surface area (Å²) in [5.74, 6) is 0. The summed E-state index contributed by atoms with van der Waals surface area (Å²) in [6, 6.07) is 7.08. The van der Waals surface area contributed by atoms with Crippen molar-refractivity contribution >= 4 is 23.2 Å². The van der Waals surface area contributed by atoms with E-state index in [-0.39, 0.29) is 0 Å². The van der Waals surface area contributed by atoms with Crippen molar-refractivity contribution in [2.24, 2.45) is 5.73 Å². The monoisotopic (exact) mass is 177 g/mol. The van der Waals surface area contributed by atoms with Crippen molar-refractivity contribution in [1.29, 1.82) is 0 Å². The minimum absolute atomic E-state index is 0.678. The molecule has 1 nitrogen and oxygen atoms in total. The Morgan fingerprint density at radius 3 is 1.70 bits per heavy atom. The minimum atomic E-state index is 0.678. The second-order valence-electron chi connectivity index (χ2n) is 1.44. The van der Waals surface area contributed by atoms with Crippen LogP contribution in [0, 0.1) is 0 Å². The molecule has 1 rings (SSSR count). The molecule has 3 heteroatoms. The van der Waals surface area contributed by atoms with Crippen molar-refractivity contribution in [1.82, 2.24) is 0 Å². The largest absolute Gasteiger partial charge is 0.333 e. The van der Waals surface area contributed by atoms with E-state index in [1.54, 1.807) is 18.2 Å². The highest BCUT2D eigenvalue weighted by Gasteiger charge is 1.84. The summed E-state index contributed by atoms with van der Waals surface area (Å²) in [7, 11) is 1.50. The van der Waals surface area contributed by atoms with Crippen LogP contribution in [0.1, 0.15) is 0 Å². The third-order valence-corrected chi connectivity index (χ3v) is 1.26. The van der Waals surface area contributed by atoms with Crippen molar-refractivity contribution < 1.29 is 0 Å². The van der Waals surface area contributed by atoms with Crippen LogP contribution in [0.4, 0.5) is 0 Å². The van der Waals surface area contributed by atoms with Crippen molar-refractivity contribution in [3.63, 3.8) is 0 Å². The summed E-state index contributed by atoms with van der Waals surface area (Å²) in [6.07, 6.45) is 0. The Hall–Kier alpha value is -0.240. The van der Waals surface area contributed by atoms with Gasteiger partial charge in [-0.1, -0.05) is 29.3 Å². The molecule has 0 unspecified atom stereocenters. The van der Waals surface area contributed by atoms with Crippen LogP contribution in [0.15, 0.2) is 24.3 Å². The summed E-state index contributed by atoms with van der Waals surface area (Å²) in [6.45, 7) is 0. The number of rotatable bonds is 0. The SMILES string of the molecule is CN.Clc1cccc(Cl)c1. The van der Waals surface area contributed by atoms with E-state index in [0.717, 1.165) is 0 Å². The first kappa shape index (κ1) is 9.76. The van der Waals surface area contributed by atoms with E-state index in [1.165, 1.54) is 7.05 Å². The molecule has 0 bridgehead atoms. The standard InChI is InChI=1S/C6H4Cl2.CH5N/c7-5-2-1-3-6(8)4-5;1-2/h1-4H;2H2,1H3. The van der Waals surface area contributed by atoms with E-state index in [4.69, 9.17) is 23.2 Å². The smallest absolute Gasteiger partial charge is 0.0420 e. The molecule has 1 aromatic carbocycles. The molecule has 0 heterocycles. The summed E-state index contributed by atoms with van der Waals surface area (Å²) >= 11 is 11.1. The highest BCUT2D eigenvalue weighted by Crippen LogP contribution is 2.13. The Bertz CT molecular complexity index is 171. The number of nitrogens with two attached hydrogens (primary N) is 1. The van der Waals surface area contributed by atoms with Crippen LogP contribution in [-0.4, -0.2) is 7.05 Å². The van der Waals surface area contributed by atoms with E-state index in [9.17, 15) is 0 Å². The van der Waals surface area contributed by atoms with Crippen LogP contribution in [0.2, 0.25) is 10.0 Å². The molecule has 2 N–H and O–H groups in total. The van der Waals surface area contributed by atoms with E-state index in [0.29, 0.717) is 10.0 Å². The molecule has 56 valence electrons. The molecule has 0 saturated carbocycles. The van der Waals surface area contributed by atoms with Gasteiger partial charge in [0.05, 0.1) is 0 Å². The van der Waals surface area contributed by atoms with Gasteiger partial charge >= 0.3 is 0 Å². The molecule has 0 aromatic heterocycles. The van der Waals surface area contributed by atoms with Gasteiger partial charge < -0.3 is 5.73 Å². The molecule has 0 fully saturated rings. The summed E-state index contributed by atoms with van der Waals surface area (Å²) in [4.78, 5) is 0. The summed E-state index contributed by atoms with van der Waals surface area (Å²) in [5, 5.41) is 1.36. The Balaban J connectivity index is 0.000000371. The lowest BCUT2D eigenvalue weighted by Crippen LogP contribution is -1.69. The normalized spacial score (nSPS) is 8.00. The number of hydrogen-bond donors (Lipinski definition) is 1. The van der Waals surface area contributed by atoms with Gasteiger partial charge in [0.25, 0.3) is 0 Å². The van der Waals surface area contributed by atoms with E-state index < -0.39 is 0 Å². The maximum Gasteiger partial charge on any atom is 0.0420 e. The van der Waals surface area contributed by atoms with Gasteiger partial charge in [-0.05, 0) is 25.2 Å². The van der Waals surface area contributed by atoms with E-state index in [2.05, 4.69) is 5.73 Å². The fourth-order valence-electron chi connectivity index (χ4n) is 0.460. The fraction of sp³-hybridized carbons (Fsp3) is 0.143. The molecule has 0 aliphatic heterocycles. The van der Waals surface area contributed by atoms with Gasteiger partial charge in [0.1, 0.15) is 0 Å². The third kappa shape index (κ3) is 3.72. The van der Waals surface area contributed by atoms with Gasteiger partial charge in [0.15, 0.2) is 0 Å². The molecule has 10 heavy (non-hydrogen) atoms. The first-order valence-electron chi connectivity index (χ1n) is 2.78. The van der Waals surface area contributed by atoms with Crippen molar-refractivity contribution in [2.75, 3.05) is 7.05 Å². The first-order valence-corrected chi connectivity index (χ1v) is 3.53. The lowest BCUT2D eigenvalue weighted by atomic mass is 10.4. The fourth-order valence-corrected chi connectivity index (χ4v) is 0.896. The van der Waals surface area contributed by atoms with Crippen LogP contribution in [0.3, 0.4) is 0 Å². The maximum atomic E-state index is 5.56. The predicted molar refractivity (Wildman–Crippen MR) is 46.6 cm³/mol. The van der Waals surface area contributed by atoms with Crippen LogP contribution < -0.4 is 5.73 Å². The van der Waals surface area contributed by atoms with Gasteiger partial charge in [-0.3, -0.25) is 0 Å². The van der Waals surface area contributed by atoms with Crippen molar-refractivity contribution in [2.45, 2.75) is 0 Å². The Morgan fingerprint density at radius 1 is 1.10 bits per heavy atom. The van der Waals surface area contributed by atoms with Crippen LogP contribution >= 0.6 is 23.2 Å².